The van der Waals surface area contributed by atoms with Crippen molar-refractivity contribution in [3.05, 3.63) is 48.5 Å². The minimum atomic E-state index is 0.140. The Hall–Kier alpha value is -2.00. The van der Waals surface area contributed by atoms with Gasteiger partial charge in [-0.25, -0.2) is 0 Å². The Labute approximate surface area is 107 Å². The number of benzene rings is 2. The number of aliphatic hydroxyl groups excluding tert-OH is 1. The van der Waals surface area contributed by atoms with E-state index in [1.54, 1.807) is 0 Å². The average molecular weight is 242 g/mol. The van der Waals surface area contributed by atoms with Gasteiger partial charge in [0.15, 0.2) is 0 Å². The largest absolute Gasteiger partial charge is 0.398 e. The van der Waals surface area contributed by atoms with Gasteiger partial charge in [-0.2, -0.15) is 0 Å². The number of hydrogen-bond donors (Lipinski definition) is 2. The van der Waals surface area contributed by atoms with Crippen molar-refractivity contribution in [1.29, 1.82) is 0 Å². The van der Waals surface area contributed by atoms with E-state index in [9.17, 15) is 0 Å². The van der Waals surface area contributed by atoms with Crippen LogP contribution in [0.2, 0.25) is 0 Å². The van der Waals surface area contributed by atoms with Crippen molar-refractivity contribution in [3.63, 3.8) is 0 Å². The smallest absolute Gasteiger partial charge is 0.0606 e. The van der Waals surface area contributed by atoms with Gasteiger partial charge >= 0.3 is 0 Å². The summed E-state index contributed by atoms with van der Waals surface area (Å²) in [6, 6.07) is 16.0. The van der Waals surface area contributed by atoms with Gasteiger partial charge in [0.25, 0.3) is 0 Å². The van der Waals surface area contributed by atoms with Crippen molar-refractivity contribution >= 4 is 11.4 Å². The summed E-state index contributed by atoms with van der Waals surface area (Å²) in [7, 11) is 1.95. The summed E-state index contributed by atoms with van der Waals surface area (Å²) in [4.78, 5) is 2.01. The van der Waals surface area contributed by atoms with Gasteiger partial charge in [0.1, 0.15) is 0 Å². The fourth-order valence-electron chi connectivity index (χ4n) is 1.93. The first-order valence-corrected chi connectivity index (χ1v) is 5.99. The van der Waals surface area contributed by atoms with Crippen LogP contribution in [0.25, 0.3) is 11.1 Å². The number of nitrogens with zero attached hydrogens (tertiary/aromatic N) is 1. The van der Waals surface area contributed by atoms with Crippen LogP contribution in [0.1, 0.15) is 0 Å². The van der Waals surface area contributed by atoms with Crippen molar-refractivity contribution in [2.45, 2.75) is 0 Å². The molecule has 0 heterocycles. The standard InChI is InChI=1S/C15H18N2O/c1-17(9-10-18)13-7-8-15(16)14(11-13)12-5-3-2-4-6-12/h2-8,11,18H,9-10,16H2,1H3. The van der Waals surface area contributed by atoms with Gasteiger partial charge in [0, 0.05) is 30.5 Å². The fraction of sp³-hybridized carbons (Fsp3) is 0.200. The summed E-state index contributed by atoms with van der Waals surface area (Å²) >= 11 is 0. The third-order valence-electron chi connectivity index (χ3n) is 3.00. The number of hydrogen-bond acceptors (Lipinski definition) is 3. The van der Waals surface area contributed by atoms with E-state index in [0.29, 0.717) is 6.54 Å². The molecule has 94 valence electrons. The summed E-state index contributed by atoms with van der Waals surface area (Å²) in [5.41, 5.74) is 9.98. The molecular formula is C15H18N2O. The quantitative estimate of drug-likeness (QED) is 0.809. The lowest BCUT2D eigenvalue weighted by Gasteiger charge is -2.19. The van der Waals surface area contributed by atoms with Crippen LogP contribution in [0, 0.1) is 0 Å². The minimum Gasteiger partial charge on any atom is -0.398 e. The molecule has 0 aliphatic carbocycles. The van der Waals surface area contributed by atoms with E-state index in [2.05, 4.69) is 6.07 Å². The van der Waals surface area contributed by atoms with Gasteiger partial charge in [-0.15, -0.1) is 0 Å². The lowest BCUT2D eigenvalue weighted by atomic mass is 10.0. The van der Waals surface area contributed by atoms with Crippen molar-refractivity contribution in [2.75, 3.05) is 30.8 Å². The first-order valence-electron chi connectivity index (χ1n) is 5.99. The van der Waals surface area contributed by atoms with Crippen LogP contribution < -0.4 is 10.6 Å². The Balaban J connectivity index is 2.39. The lowest BCUT2D eigenvalue weighted by molar-refractivity contribution is 0.304. The van der Waals surface area contributed by atoms with Gasteiger partial charge < -0.3 is 15.7 Å². The number of rotatable bonds is 4. The summed E-state index contributed by atoms with van der Waals surface area (Å²) in [5, 5.41) is 8.97. The molecular weight excluding hydrogens is 224 g/mol. The highest BCUT2D eigenvalue weighted by Gasteiger charge is 2.06. The number of nitrogens with two attached hydrogens (primary N) is 1. The van der Waals surface area contributed by atoms with Crippen LogP contribution in [0.4, 0.5) is 11.4 Å². The highest BCUT2D eigenvalue weighted by Crippen LogP contribution is 2.29. The van der Waals surface area contributed by atoms with Gasteiger partial charge in [0.05, 0.1) is 6.61 Å². The Kier molecular flexibility index (Phi) is 3.85. The molecule has 0 aromatic heterocycles. The zero-order chi connectivity index (χ0) is 13.0. The molecule has 0 bridgehead atoms. The highest BCUT2D eigenvalue weighted by molar-refractivity contribution is 5.79. The predicted octanol–water partition coefficient (Wildman–Crippen LogP) is 2.36. The maximum absolute atomic E-state index is 8.97. The average Bonchev–Trinajstić information content (AvgIpc) is 2.40. The third kappa shape index (κ3) is 2.63. The molecule has 3 heteroatoms. The van der Waals surface area contributed by atoms with Crippen molar-refractivity contribution in [3.8, 4) is 11.1 Å². The second kappa shape index (κ2) is 5.56. The molecule has 0 saturated heterocycles. The number of anilines is 2. The molecule has 0 radical (unpaired) electrons. The van der Waals surface area contributed by atoms with Crippen LogP contribution in [0.5, 0.6) is 0 Å². The Morgan fingerprint density at radius 3 is 2.50 bits per heavy atom. The van der Waals surface area contributed by atoms with Gasteiger partial charge in [-0.05, 0) is 23.8 Å². The maximum Gasteiger partial charge on any atom is 0.0606 e. The summed E-state index contributed by atoms with van der Waals surface area (Å²) in [5.74, 6) is 0. The van der Waals surface area contributed by atoms with E-state index in [0.717, 1.165) is 22.5 Å². The van der Waals surface area contributed by atoms with E-state index in [4.69, 9.17) is 10.8 Å². The second-order valence-corrected chi connectivity index (χ2v) is 4.28. The first kappa shape index (κ1) is 12.5. The monoisotopic (exact) mass is 242 g/mol. The van der Waals surface area contributed by atoms with Crippen molar-refractivity contribution in [2.24, 2.45) is 0 Å². The van der Waals surface area contributed by atoms with Gasteiger partial charge in [-0.3, -0.25) is 0 Å². The molecule has 2 aromatic rings. The second-order valence-electron chi connectivity index (χ2n) is 4.28. The van der Waals surface area contributed by atoms with E-state index < -0.39 is 0 Å². The van der Waals surface area contributed by atoms with Crippen LogP contribution in [-0.4, -0.2) is 25.3 Å². The summed E-state index contributed by atoms with van der Waals surface area (Å²) < 4.78 is 0. The summed E-state index contributed by atoms with van der Waals surface area (Å²) in [6.45, 7) is 0.750. The Morgan fingerprint density at radius 1 is 1.11 bits per heavy atom. The van der Waals surface area contributed by atoms with E-state index in [1.807, 2.05) is 54.4 Å². The molecule has 0 aliphatic heterocycles. The Morgan fingerprint density at radius 2 is 1.83 bits per heavy atom. The van der Waals surface area contributed by atoms with Crippen LogP contribution in [0.15, 0.2) is 48.5 Å². The van der Waals surface area contributed by atoms with E-state index >= 15 is 0 Å². The Bertz CT molecular complexity index is 511. The normalized spacial score (nSPS) is 10.3. The molecule has 3 N–H and O–H groups in total. The molecule has 18 heavy (non-hydrogen) atoms. The predicted molar refractivity (Wildman–Crippen MR) is 76.6 cm³/mol. The number of nitrogen functional groups attached to an aromatic ring is 1. The third-order valence-corrected chi connectivity index (χ3v) is 3.00. The molecule has 0 atom stereocenters. The molecule has 0 saturated carbocycles. The molecule has 0 fully saturated rings. The maximum atomic E-state index is 8.97. The highest BCUT2D eigenvalue weighted by atomic mass is 16.3. The molecule has 2 rings (SSSR count). The molecule has 0 unspecified atom stereocenters. The van der Waals surface area contributed by atoms with Crippen molar-refractivity contribution in [1.82, 2.24) is 0 Å². The van der Waals surface area contributed by atoms with Crippen LogP contribution in [-0.2, 0) is 0 Å². The SMILES string of the molecule is CN(CCO)c1ccc(N)c(-c2ccccc2)c1. The number of likely N-dealkylation sites (N-methyl/N-ethyl adjacent to an activating group) is 1. The zero-order valence-corrected chi connectivity index (χ0v) is 10.5. The molecule has 0 aliphatic rings. The first-order chi connectivity index (χ1) is 8.72. The van der Waals surface area contributed by atoms with Crippen LogP contribution in [0.3, 0.4) is 0 Å². The van der Waals surface area contributed by atoms with E-state index in [-0.39, 0.29) is 6.61 Å². The molecule has 2 aromatic carbocycles. The lowest BCUT2D eigenvalue weighted by Crippen LogP contribution is -2.21. The molecule has 0 spiro atoms. The van der Waals surface area contributed by atoms with E-state index in [1.165, 1.54) is 0 Å². The fourth-order valence-corrected chi connectivity index (χ4v) is 1.93. The number of aliphatic hydroxyl groups is 1. The van der Waals surface area contributed by atoms with Crippen LogP contribution >= 0.6 is 0 Å². The minimum absolute atomic E-state index is 0.140. The molecule has 3 nitrogen and oxygen atoms in total. The van der Waals surface area contributed by atoms with Gasteiger partial charge in [0.2, 0.25) is 0 Å². The van der Waals surface area contributed by atoms with Gasteiger partial charge in [-0.1, -0.05) is 30.3 Å². The topological polar surface area (TPSA) is 49.5 Å². The molecule has 0 amide bonds. The summed E-state index contributed by atoms with van der Waals surface area (Å²) in [6.07, 6.45) is 0. The zero-order valence-electron chi connectivity index (χ0n) is 10.5. The van der Waals surface area contributed by atoms with Crippen molar-refractivity contribution < 1.29 is 5.11 Å².